The van der Waals surface area contributed by atoms with Crippen LogP contribution in [-0.2, 0) is 4.79 Å². The van der Waals surface area contributed by atoms with E-state index in [0.717, 1.165) is 70.5 Å². The summed E-state index contributed by atoms with van der Waals surface area (Å²) in [7, 11) is 0. The number of nitrogens with zero attached hydrogens (tertiary/aromatic N) is 1. The molecule has 3 aromatic rings. The molecule has 4 heteroatoms. The number of allylic oxidation sites excluding steroid dienone is 1. The van der Waals surface area contributed by atoms with Gasteiger partial charge in [0.1, 0.15) is 11.3 Å². The summed E-state index contributed by atoms with van der Waals surface area (Å²) in [6.07, 6.45) is 5.74. The summed E-state index contributed by atoms with van der Waals surface area (Å²) in [6, 6.07) is 10.6. The van der Waals surface area contributed by atoms with Gasteiger partial charge in [0.25, 0.3) is 0 Å². The smallest absolute Gasteiger partial charge is 0.246 e. The average Bonchev–Trinajstić information content (AvgIpc) is 3.41. The summed E-state index contributed by atoms with van der Waals surface area (Å²) < 4.78 is 12.0. The number of carbonyl (C=O) groups excluding carboxylic acids is 1. The molecule has 1 aromatic heterocycles. The number of benzene rings is 2. The van der Waals surface area contributed by atoms with Gasteiger partial charge in [-0.3, -0.25) is 4.79 Å². The molecule has 1 amide bonds. The van der Waals surface area contributed by atoms with Crippen molar-refractivity contribution >= 4 is 22.4 Å². The zero-order valence-corrected chi connectivity index (χ0v) is 18.2. The van der Waals surface area contributed by atoms with Crippen LogP contribution in [0.25, 0.3) is 27.7 Å². The average molecular weight is 404 g/mol. The number of amides is 1. The van der Waals surface area contributed by atoms with Crippen LogP contribution in [0.5, 0.6) is 5.75 Å². The molecule has 1 saturated heterocycles. The van der Waals surface area contributed by atoms with E-state index >= 15 is 0 Å². The second-order valence-corrected chi connectivity index (χ2v) is 8.06. The van der Waals surface area contributed by atoms with Crippen LogP contribution in [0.4, 0.5) is 0 Å². The molecule has 156 valence electrons. The Morgan fingerprint density at radius 2 is 1.87 bits per heavy atom. The normalized spacial score (nSPS) is 14.5. The van der Waals surface area contributed by atoms with Crippen molar-refractivity contribution in [3.05, 3.63) is 59.4 Å². The predicted octanol–water partition coefficient (Wildman–Crippen LogP) is 6.14. The van der Waals surface area contributed by atoms with Crippen molar-refractivity contribution in [2.24, 2.45) is 0 Å². The highest BCUT2D eigenvalue weighted by Crippen LogP contribution is 2.40. The van der Waals surface area contributed by atoms with Crippen LogP contribution in [0, 0.1) is 13.8 Å². The maximum Gasteiger partial charge on any atom is 0.246 e. The molecule has 1 aliphatic heterocycles. The molecule has 0 unspecified atom stereocenters. The highest BCUT2D eigenvalue weighted by molar-refractivity contribution is 6.01. The highest BCUT2D eigenvalue weighted by atomic mass is 16.5. The van der Waals surface area contributed by atoms with E-state index < -0.39 is 0 Å². The van der Waals surface area contributed by atoms with Crippen LogP contribution in [-0.4, -0.2) is 30.5 Å². The van der Waals surface area contributed by atoms with E-state index in [9.17, 15) is 4.79 Å². The van der Waals surface area contributed by atoms with Gasteiger partial charge in [0.05, 0.1) is 12.9 Å². The maximum absolute atomic E-state index is 12.7. The van der Waals surface area contributed by atoms with Crippen LogP contribution >= 0.6 is 0 Å². The number of hydrogen-bond donors (Lipinski definition) is 0. The lowest BCUT2D eigenvalue weighted by atomic mass is 9.96. The molecular weight excluding hydrogens is 374 g/mol. The maximum atomic E-state index is 12.7. The number of carbonyl (C=O) groups is 1. The molecule has 30 heavy (non-hydrogen) atoms. The molecular formula is C26H29NO3. The fraction of sp³-hybridized carbons (Fsp3) is 0.346. The van der Waals surface area contributed by atoms with Crippen molar-refractivity contribution in [1.29, 1.82) is 0 Å². The van der Waals surface area contributed by atoms with Gasteiger partial charge in [-0.05, 0) is 57.7 Å². The number of aryl methyl sites for hydroxylation is 2. The molecule has 1 fully saturated rings. The predicted molar refractivity (Wildman–Crippen MR) is 122 cm³/mol. The largest absolute Gasteiger partial charge is 0.493 e. The molecule has 2 heterocycles. The Morgan fingerprint density at radius 1 is 1.17 bits per heavy atom. The highest BCUT2D eigenvalue weighted by Gasteiger charge is 2.21. The first-order valence-corrected chi connectivity index (χ1v) is 10.7. The van der Waals surface area contributed by atoms with Crippen molar-refractivity contribution in [3.63, 3.8) is 0 Å². The minimum atomic E-state index is 0.0798. The van der Waals surface area contributed by atoms with E-state index in [2.05, 4.69) is 37.3 Å². The topological polar surface area (TPSA) is 42.7 Å². The van der Waals surface area contributed by atoms with Gasteiger partial charge in [0, 0.05) is 41.2 Å². The van der Waals surface area contributed by atoms with E-state index in [1.54, 1.807) is 6.08 Å². The second-order valence-electron chi connectivity index (χ2n) is 8.06. The first kappa shape index (κ1) is 20.3. The lowest BCUT2D eigenvalue weighted by molar-refractivity contribution is -0.124. The Hall–Kier alpha value is -3.01. The third-order valence-corrected chi connectivity index (χ3v) is 5.88. The number of rotatable bonds is 5. The summed E-state index contributed by atoms with van der Waals surface area (Å²) in [5.41, 5.74) is 7.04. The van der Waals surface area contributed by atoms with Gasteiger partial charge in [0.15, 0.2) is 0 Å². The van der Waals surface area contributed by atoms with Crippen LogP contribution in [0.2, 0.25) is 0 Å². The minimum Gasteiger partial charge on any atom is -0.493 e. The zero-order valence-electron chi connectivity index (χ0n) is 18.2. The third-order valence-electron chi connectivity index (χ3n) is 5.88. The molecule has 2 aromatic carbocycles. The fourth-order valence-corrected chi connectivity index (χ4v) is 4.19. The van der Waals surface area contributed by atoms with Gasteiger partial charge in [-0.25, -0.2) is 0 Å². The van der Waals surface area contributed by atoms with Gasteiger partial charge in [0.2, 0.25) is 5.91 Å². The van der Waals surface area contributed by atoms with Crippen molar-refractivity contribution in [1.82, 2.24) is 4.90 Å². The summed E-state index contributed by atoms with van der Waals surface area (Å²) in [6.45, 7) is 10.3. The van der Waals surface area contributed by atoms with E-state index in [4.69, 9.17) is 9.15 Å². The lowest BCUT2D eigenvalue weighted by Gasteiger charge is -2.16. The minimum absolute atomic E-state index is 0.0798. The molecule has 4 nitrogen and oxygen atoms in total. The lowest BCUT2D eigenvalue weighted by Crippen LogP contribution is -2.25. The summed E-state index contributed by atoms with van der Waals surface area (Å²) in [5, 5.41) is 1.04. The third kappa shape index (κ3) is 3.74. The van der Waals surface area contributed by atoms with Crippen molar-refractivity contribution in [2.45, 2.75) is 40.5 Å². The van der Waals surface area contributed by atoms with E-state index in [-0.39, 0.29) is 5.91 Å². The van der Waals surface area contributed by atoms with Crippen LogP contribution < -0.4 is 4.74 Å². The number of fused-ring (bicyclic) bond motifs is 1. The fourth-order valence-electron chi connectivity index (χ4n) is 4.19. The zero-order chi connectivity index (χ0) is 21.3. The molecule has 0 aliphatic carbocycles. The van der Waals surface area contributed by atoms with Gasteiger partial charge < -0.3 is 14.1 Å². The first-order chi connectivity index (χ1) is 14.5. The quantitative estimate of drug-likeness (QED) is 0.481. The summed E-state index contributed by atoms with van der Waals surface area (Å²) >= 11 is 0. The molecule has 0 saturated carbocycles. The molecule has 0 N–H and O–H groups in total. The Balaban J connectivity index is 1.84. The molecule has 0 radical (unpaired) electrons. The monoisotopic (exact) mass is 403 g/mol. The number of likely N-dealkylation sites (tertiary alicyclic amines) is 1. The molecule has 4 rings (SSSR count). The van der Waals surface area contributed by atoms with Gasteiger partial charge >= 0.3 is 0 Å². The van der Waals surface area contributed by atoms with Crippen LogP contribution in [0.1, 0.15) is 43.4 Å². The van der Waals surface area contributed by atoms with Crippen molar-refractivity contribution < 1.29 is 13.9 Å². The molecule has 0 bridgehead atoms. The second kappa shape index (κ2) is 8.39. The van der Waals surface area contributed by atoms with Gasteiger partial charge in [-0.2, -0.15) is 0 Å². The standard InChI is InChI=1S/C26H29NO3/c1-5-29-25-19(4)26-22(23(16-30-26)20-10-8-17(2)9-11-20)15-21(25)18(3)14-24(28)27-12-6-7-13-27/h8-11,14-16H,5-7,12-13H2,1-4H3/b18-14+. The van der Waals surface area contributed by atoms with Crippen LogP contribution in [0.15, 0.2) is 47.1 Å². The van der Waals surface area contributed by atoms with E-state index in [1.165, 1.54) is 5.56 Å². The van der Waals surface area contributed by atoms with Crippen LogP contribution in [0.3, 0.4) is 0 Å². The Labute approximate surface area is 178 Å². The summed E-state index contributed by atoms with van der Waals surface area (Å²) in [5.74, 6) is 0.869. The summed E-state index contributed by atoms with van der Waals surface area (Å²) in [4.78, 5) is 14.6. The molecule has 0 atom stereocenters. The van der Waals surface area contributed by atoms with Crippen molar-refractivity contribution in [3.8, 4) is 16.9 Å². The van der Waals surface area contributed by atoms with E-state index in [0.29, 0.717) is 6.61 Å². The number of furan rings is 1. The number of hydrogen-bond acceptors (Lipinski definition) is 3. The molecule has 1 aliphatic rings. The number of ether oxygens (including phenoxy) is 1. The van der Waals surface area contributed by atoms with Crippen molar-refractivity contribution in [2.75, 3.05) is 19.7 Å². The first-order valence-electron chi connectivity index (χ1n) is 10.7. The van der Waals surface area contributed by atoms with Gasteiger partial charge in [-0.1, -0.05) is 29.8 Å². The Kier molecular flexibility index (Phi) is 5.67. The Bertz CT molecular complexity index is 1100. The SMILES string of the molecule is CCOc1c(/C(C)=C/C(=O)N2CCCC2)cc2c(-c3ccc(C)cc3)coc2c1C. The van der Waals surface area contributed by atoms with Gasteiger partial charge in [-0.15, -0.1) is 0 Å². The van der Waals surface area contributed by atoms with E-state index in [1.807, 2.05) is 31.9 Å². The molecule has 0 spiro atoms. The Morgan fingerprint density at radius 3 is 2.53 bits per heavy atom.